The van der Waals surface area contributed by atoms with Crippen LogP contribution in [0.4, 0.5) is 0 Å². The first-order valence-corrected chi connectivity index (χ1v) is 6.39. The second-order valence-corrected chi connectivity index (χ2v) is 5.48. The van der Waals surface area contributed by atoms with Gasteiger partial charge in [-0.2, -0.15) is 0 Å². The number of methoxy groups -OCH3 is 1. The van der Waals surface area contributed by atoms with Crippen LogP contribution >= 0.6 is 0 Å². The lowest BCUT2D eigenvalue weighted by molar-refractivity contribution is -0.137. The molecule has 6 nitrogen and oxygen atoms in total. The highest BCUT2D eigenvalue weighted by Gasteiger charge is 2.31. The van der Waals surface area contributed by atoms with E-state index in [9.17, 15) is 13.2 Å². The van der Waals surface area contributed by atoms with E-state index in [0.29, 0.717) is 12.5 Å². The molecule has 0 unspecified atom stereocenters. The lowest BCUT2D eigenvalue weighted by atomic mass is 9.81. The third kappa shape index (κ3) is 3.77. The van der Waals surface area contributed by atoms with Gasteiger partial charge in [-0.05, 0) is 25.3 Å². The first-order valence-electron chi connectivity index (χ1n) is 4.73. The lowest BCUT2D eigenvalue weighted by Crippen LogP contribution is -2.47. The van der Waals surface area contributed by atoms with Crippen molar-refractivity contribution in [3.8, 4) is 0 Å². The predicted molar refractivity (Wildman–Crippen MR) is 54.5 cm³/mol. The van der Waals surface area contributed by atoms with Crippen molar-refractivity contribution in [2.75, 3.05) is 19.4 Å². The minimum absolute atomic E-state index is 0.0757. The third-order valence-electron chi connectivity index (χ3n) is 2.45. The molecule has 1 aliphatic carbocycles. The number of rotatable bonds is 5. The highest BCUT2D eigenvalue weighted by atomic mass is 32.2. The third-order valence-corrected chi connectivity index (χ3v) is 3.76. The van der Waals surface area contributed by atoms with Gasteiger partial charge in [-0.3, -0.25) is 4.79 Å². The Morgan fingerprint density at radius 2 is 2.13 bits per heavy atom. The zero-order valence-electron chi connectivity index (χ0n) is 8.60. The van der Waals surface area contributed by atoms with Gasteiger partial charge in [-0.25, -0.2) is 13.1 Å². The maximum atomic E-state index is 11.4. The van der Waals surface area contributed by atoms with Crippen LogP contribution in [0.1, 0.15) is 12.8 Å². The molecule has 0 bridgehead atoms. The monoisotopic (exact) mass is 236 g/mol. The van der Waals surface area contributed by atoms with Gasteiger partial charge in [0.2, 0.25) is 10.0 Å². The Kier molecular flexibility index (Phi) is 4.06. The number of carbonyl (C=O) groups is 1. The number of hydrogen-bond acceptors (Lipinski definition) is 5. The minimum Gasteiger partial charge on any atom is -0.468 e. The molecule has 0 aliphatic heterocycles. The van der Waals surface area contributed by atoms with Crippen LogP contribution in [0.25, 0.3) is 0 Å². The van der Waals surface area contributed by atoms with Crippen molar-refractivity contribution in [2.24, 2.45) is 11.7 Å². The van der Waals surface area contributed by atoms with E-state index in [1.165, 1.54) is 0 Å². The summed E-state index contributed by atoms with van der Waals surface area (Å²) in [6.07, 6.45) is 1.49. The Hall–Kier alpha value is -0.660. The van der Waals surface area contributed by atoms with Gasteiger partial charge in [-0.15, -0.1) is 0 Å². The van der Waals surface area contributed by atoms with Crippen LogP contribution in [0.3, 0.4) is 0 Å². The standard InChI is InChI=1S/C8H16N2O4S/c1-14-8(11)5-15(12,13)10-7-2-6(3-7)4-9/h6-7,10H,2-5,9H2,1H3. The van der Waals surface area contributed by atoms with Crippen LogP contribution < -0.4 is 10.5 Å². The number of nitrogens with two attached hydrogens (primary N) is 1. The second kappa shape index (κ2) is 4.91. The van der Waals surface area contributed by atoms with E-state index < -0.39 is 21.7 Å². The molecule has 1 aliphatic rings. The molecule has 0 amide bonds. The van der Waals surface area contributed by atoms with E-state index in [0.717, 1.165) is 20.0 Å². The van der Waals surface area contributed by atoms with Gasteiger partial charge in [0.1, 0.15) is 0 Å². The zero-order valence-corrected chi connectivity index (χ0v) is 9.42. The summed E-state index contributed by atoms with van der Waals surface area (Å²) in [5.74, 6) is -0.971. The summed E-state index contributed by atoms with van der Waals surface area (Å²) in [4.78, 5) is 10.8. The first-order chi connectivity index (χ1) is 6.96. The van der Waals surface area contributed by atoms with Crippen molar-refractivity contribution in [3.05, 3.63) is 0 Å². The van der Waals surface area contributed by atoms with Crippen molar-refractivity contribution in [2.45, 2.75) is 18.9 Å². The maximum Gasteiger partial charge on any atom is 0.322 e. The molecular weight excluding hydrogens is 220 g/mol. The molecule has 0 aromatic carbocycles. The molecule has 1 rings (SSSR count). The van der Waals surface area contributed by atoms with Gasteiger partial charge < -0.3 is 10.5 Å². The zero-order chi connectivity index (χ0) is 11.5. The van der Waals surface area contributed by atoms with Crippen LogP contribution in [-0.4, -0.2) is 39.8 Å². The highest BCUT2D eigenvalue weighted by Crippen LogP contribution is 2.26. The fourth-order valence-corrected chi connectivity index (χ4v) is 2.75. The van der Waals surface area contributed by atoms with E-state index in [1.807, 2.05) is 0 Å². The average Bonchev–Trinajstić information content (AvgIpc) is 2.09. The van der Waals surface area contributed by atoms with Gasteiger partial charge in [-0.1, -0.05) is 0 Å². The van der Waals surface area contributed by atoms with Crippen LogP contribution in [0.2, 0.25) is 0 Å². The summed E-state index contributed by atoms with van der Waals surface area (Å²) in [5.41, 5.74) is 5.41. The summed E-state index contributed by atoms with van der Waals surface area (Å²) >= 11 is 0. The summed E-state index contributed by atoms with van der Waals surface area (Å²) in [6.45, 7) is 0.579. The van der Waals surface area contributed by atoms with Gasteiger partial charge >= 0.3 is 5.97 Å². The number of hydrogen-bond donors (Lipinski definition) is 2. The van der Waals surface area contributed by atoms with Crippen LogP contribution in [0, 0.1) is 5.92 Å². The van der Waals surface area contributed by atoms with Crippen LogP contribution in [-0.2, 0) is 19.6 Å². The molecule has 0 saturated heterocycles. The number of sulfonamides is 1. The smallest absolute Gasteiger partial charge is 0.322 e. The molecule has 7 heteroatoms. The lowest BCUT2D eigenvalue weighted by Gasteiger charge is -2.34. The Labute approximate surface area is 89.2 Å². The Balaban J connectivity index is 2.35. The molecule has 0 radical (unpaired) electrons. The van der Waals surface area contributed by atoms with Gasteiger partial charge in [0.25, 0.3) is 0 Å². The average molecular weight is 236 g/mol. The van der Waals surface area contributed by atoms with Crippen molar-refractivity contribution >= 4 is 16.0 Å². The van der Waals surface area contributed by atoms with Gasteiger partial charge in [0.05, 0.1) is 7.11 Å². The molecule has 0 aromatic rings. The Bertz CT molecular complexity index is 322. The quantitative estimate of drug-likeness (QED) is 0.585. The summed E-state index contributed by atoms with van der Waals surface area (Å²) in [6, 6.07) is -0.0757. The minimum atomic E-state index is -3.55. The molecule has 0 spiro atoms. The van der Waals surface area contributed by atoms with E-state index >= 15 is 0 Å². The topological polar surface area (TPSA) is 98.5 Å². The van der Waals surface area contributed by atoms with Gasteiger partial charge in [0, 0.05) is 6.04 Å². The molecule has 1 saturated carbocycles. The van der Waals surface area contributed by atoms with Crippen molar-refractivity contribution < 1.29 is 17.9 Å². The molecule has 0 atom stereocenters. The van der Waals surface area contributed by atoms with Gasteiger partial charge in [0.15, 0.2) is 5.75 Å². The fourth-order valence-electron chi connectivity index (χ4n) is 1.53. The second-order valence-electron chi connectivity index (χ2n) is 3.72. The largest absolute Gasteiger partial charge is 0.468 e. The molecule has 1 fully saturated rings. The Morgan fingerprint density at radius 1 is 1.53 bits per heavy atom. The van der Waals surface area contributed by atoms with E-state index in [1.54, 1.807) is 0 Å². The molecule has 0 heterocycles. The molecule has 15 heavy (non-hydrogen) atoms. The van der Waals surface area contributed by atoms with Crippen molar-refractivity contribution in [1.29, 1.82) is 0 Å². The van der Waals surface area contributed by atoms with Crippen LogP contribution in [0.15, 0.2) is 0 Å². The van der Waals surface area contributed by atoms with Crippen molar-refractivity contribution in [1.82, 2.24) is 4.72 Å². The first kappa shape index (κ1) is 12.4. The number of nitrogens with one attached hydrogen (secondary N) is 1. The number of esters is 1. The molecule has 3 N–H and O–H groups in total. The predicted octanol–water partition coefficient (Wildman–Crippen LogP) is -1.18. The Morgan fingerprint density at radius 3 is 2.60 bits per heavy atom. The van der Waals surface area contributed by atoms with E-state index in [-0.39, 0.29) is 6.04 Å². The highest BCUT2D eigenvalue weighted by molar-refractivity contribution is 7.90. The van der Waals surface area contributed by atoms with E-state index in [4.69, 9.17) is 5.73 Å². The summed E-state index contributed by atoms with van der Waals surface area (Å²) < 4.78 is 29.4. The summed E-state index contributed by atoms with van der Waals surface area (Å²) in [5, 5.41) is 0. The SMILES string of the molecule is COC(=O)CS(=O)(=O)NC1CC(CN)C1. The number of carbonyl (C=O) groups excluding carboxylic acids is 1. The molecule has 0 aromatic heterocycles. The fraction of sp³-hybridized carbons (Fsp3) is 0.875. The number of ether oxygens (including phenoxy) is 1. The summed E-state index contributed by atoms with van der Waals surface area (Å²) in [7, 11) is -2.39. The van der Waals surface area contributed by atoms with Crippen LogP contribution in [0.5, 0.6) is 0 Å². The molecule has 88 valence electrons. The van der Waals surface area contributed by atoms with Crippen molar-refractivity contribution in [3.63, 3.8) is 0 Å². The molecular formula is C8H16N2O4S. The van der Waals surface area contributed by atoms with E-state index in [2.05, 4.69) is 9.46 Å². The maximum absolute atomic E-state index is 11.4. The normalized spacial score (nSPS) is 25.7.